The van der Waals surface area contributed by atoms with Crippen molar-refractivity contribution in [2.75, 3.05) is 80.0 Å². The van der Waals surface area contributed by atoms with Gasteiger partial charge in [0, 0.05) is 52.8 Å². The van der Waals surface area contributed by atoms with Crippen molar-refractivity contribution in [2.45, 2.75) is 164 Å². The second-order valence-electron chi connectivity index (χ2n) is 16.0. The van der Waals surface area contributed by atoms with E-state index in [2.05, 4.69) is 16.6 Å². The van der Waals surface area contributed by atoms with E-state index in [0.29, 0.717) is 71.0 Å². The molecule has 0 aromatic carbocycles. The molecule has 3 fully saturated rings. The molecule has 3 saturated heterocycles. The fraction of sp³-hybridized carbons (Fsp3) is 0.905. The quantitative estimate of drug-likeness (QED) is 0.0182. The summed E-state index contributed by atoms with van der Waals surface area (Å²) in [6.07, 6.45) is -10.6. The lowest BCUT2D eigenvalue weighted by Crippen LogP contribution is -2.63. The van der Waals surface area contributed by atoms with Crippen molar-refractivity contribution >= 4 is 11.9 Å². The molecule has 0 aliphatic carbocycles. The topological polar surface area (TPSA) is 316 Å². The molecular weight excluding hydrogens is 866 g/mol. The zero-order chi connectivity index (χ0) is 47.7. The normalized spacial score (nSPS) is 32.9. The zero-order valence-corrected chi connectivity index (χ0v) is 37.8. The van der Waals surface area contributed by atoms with Crippen LogP contribution >= 0.6 is 0 Å². The van der Waals surface area contributed by atoms with Gasteiger partial charge in [-0.05, 0) is 38.5 Å². The maximum Gasteiger partial charge on any atom is 0.303 e. The van der Waals surface area contributed by atoms with Crippen LogP contribution in [0.1, 0.15) is 71.6 Å². The molecule has 10 N–H and O–H groups in total. The summed E-state index contributed by atoms with van der Waals surface area (Å²) in [5, 5.41) is 90.8. The zero-order valence-electron chi connectivity index (χ0n) is 37.8. The van der Waals surface area contributed by atoms with Gasteiger partial charge in [0.1, 0.15) is 80.7 Å². The molecule has 3 aliphatic heterocycles. The number of terminal acetylenes is 1. The van der Waals surface area contributed by atoms with E-state index in [1.165, 1.54) is 7.11 Å². The summed E-state index contributed by atoms with van der Waals surface area (Å²) in [7, 11) is 1.28. The highest BCUT2D eigenvalue weighted by atomic mass is 16.8. The minimum absolute atomic E-state index is 0.0224. The van der Waals surface area contributed by atoms with Crippen molar-refractivity contribution in [1.82, 2.24) is 15.5 Å². The number of carbonyl (C=O) groups is 2. The average Bonchev–Trinajstić information content (AvgIpc) is 3.30. The average molecular weight is 942 g/mol. The highest BCUT2D eigenvalue weighted by Crippen LogP contribution is 2.31. The molecule has 0 radical (unpaired) electrons. The van der Waals surface area contributed by atoms with Gasteiger partial charge >= 0.3 is 5.97 Å². The molecule has 3 heterocycles. The third-order valence-electron chi connectivity index (χ3n) is 11.2. The number of carboxylic acid groups (broad SMARTS) is 1. The van der Waals surface area contributed by atoms with Crippen LogP contribution < -0.4 is 10.6 Å². The summed E-state index contributed by atoms with van der Waals surface area (Å²) in [5.74, 6) is 1.41. The summed E-state index contributed by atoms with van der Waals surface area (Å²) in [6.45, 7) is 4.43. The smallest absolute Gasteiger partial charge is 0.303 e. The van der Waals surface area contributed by atoms with Crippen molar-refractivity contribution < 1.29 is 97.8 Å². The third-order valence-corrected chi connectivity index (χ3v) is 11.2. The predicted molar refractivity (Wildman–Crippen MR) is 225 cm³/mol. The van der Waals surface area contributed by atoms with Gasteiger partial charge in [-0.2, -0.15) is 0 Å². The summed E-state index contributed by atoms with van der Waals surface area (Å²) < 4.78 is 58.2. The van der Waals surface area contributed by atoms with Crippen molar-refractivity contribution in [3.63, 3.8) is 0 Å². The molecule has 23 heteroatoms. The number of rotatable bonds is 33. The van der Waals surface area contributed by atoms with E-state index in [-0.39, 0.29) is 58.9 Å². The van der Waals surface area contributed by atoms with E-state index in [1.54, 1.807) is 18.7 Å². The van der Waals surface area contributed by atoms with Crippen LogP contribution in [0.25, 0.3) is 0 Å². The summed E-state index contributed by atoms with van der Waals surface area (Å²) >= 11 is 0. The van der Waals surface area contributed by atoms with Gasteiger partial charge in [0.2, 0.25) is 5.91 Å². The number of methoxy groups -OCH3 is 1. The molecule has 0 bridgehead atoms. The number of nitrogens with zero attached hydrogens (tertiary/aromatic N) is 1. The Kier molecular flexibility index (Phi) is 27.8. The van der Waals surface area contributed by atoms with Crippen LogP contribution in [-0.4, -0.2) is 230 Å². The van der Waals surface area contributed by atoms with Crippen molar-refractivity contribution in [2.24, 2.45) is 0 Å². The summed E-state index contributed by atoms with van der Waals surface area (Å²) in [6, 6.07) is 0. The molecule has 15 unspecified atom stereocenters. The van der Waals surface area contributed by atoms with E-state index in [0.717, 1.165) is 0 Å². The maximum absolute atomic E-state index is 11.5. The van der Waals surface area contributed by atoms with Gasteiger partial charge in [-0.25, -0.2) is 0 Å². The number of aliphatic carboxylic acids is 1. The van der Waals surface area contributed by atoms with Crippen molar-refractivity contribution in [1.29, 1.82) is 0 Å². The van der Waals surface area contributed by atoms with Crippen LogP contribution in [0.4, 0.5) is 0 Å². The SMILES string of the molecule is C#CCNCOCOC1C(CC)OC(OCC2OC(OCC3OC(OC)C(O)C(O)C3OCCCCCN(CO)CCNC(=O)CC)C(O)C(O)C2OCCCCCC(=O)O)C(O)C1O. The number of unbranched alkanes of at least 4 members (excludes halogenated alkanes) is 4. The Bertz CT molecular complexity index is 1350. The van der Waals surface area contributed by atoms with Gasteiger partial charge in [0.25, 0.3) is 0 Å². The molecule has 1 amide bonds. The fourth-order valence-electron chi connectivity index (χ4n) is 7.48. The summed E-state index contributed by atoms with van der Waals surface area (Å²) in [4.78, 5) is 24.3. The van der Waals surface area contributed by atoms with Gasteiger partial charge in [-0.3, -0.25) is 19.8 Å². The Labute approximate surface area is 380 Å². The Balaban J connectivity index is 1.65. The van der Waals surface area contributed by atoms with Crippen LogP contribution in [0.2, 0.25) is 0 Å². The van der Waals surface area contributed by atoms with Gasteiger partial charge in [-0.15, -0.1) is 6.42 Å². The van der Waals surface area contributed by atoms with Crippen LogP contribution in [0.5, 0.6) is 0 Å². The van der Waals surface area contributed by atoms with E-state index >= 15 is 0 Å². The highest BCUT2D eigenvalue weighted by molar-refractivity contribution is 5.75. The van der Waals surface area contributed by atoms with Crippen LogP contribution in [-0.2, 0) is 57.0 Å². The molecular formula is C42H75N3O20. The van der Waals surface area contributed by atoms with Gasteiger partial charge in [-0.1, -0.05) is 26.2 Å². The first kappa shape index (κ1) is 57.1. The molecule has 3 aliphatic rings. The maximum atomic E-state index is 11.5. The van der Waals surface area contributed by atoms with Crippen LogP contribution in [0, 0.1) is 12.3 Å². The molecule has 15 atom stereocenters. The largest absolute Gasteiger partial charge is 0.481 e. The van der Waals surface area contributed by atoms with Crippen molar-refractivity contribution in [3.8, 4) is 12.3 Å². The molecule has 0 aromatic rings. The second kappa shape index (κ2) is 31.7. The third kappa shape index (κ3) is 19.0. The standard InChI is InChI=1S/C42H75N3O20/c1-5-15-43-23-57-25-62-37-26(6-2)63-41(35(54)32(37)51)60-22-28-39(58-19-12-8-10-14-30(48)49)33(52)36(55)42(65-28)61-21-27-38(31(50)34(53)40(56-4)64-27)59-20-13-9-11-17-45(24-46)18-16-44-29(47)7-3/h1,26-28,31-43,46,50-55H,6-25H2,2-4H3,(H,44,47)(H,48,49). The number of aliphatic hydroxyl groups excluding tert-OH is 7. The van der Waals surface area contributed by atoms with Gasteiger partial charge < -0.3 is 93.5 Å². The molecule has 0 spiro atoms. The van der Waals surface area contributed by atoms with Crippen LogP contribution in [0.3, 0.4) is 0 Å². The number of ether oxygens (including phenoxy) is 10. The number of aliphatic hydroxyl groups is 7. The fourth-order valence-corrected chi connectivity index (χ4v) is 7.48. The first-order valence-electron chi connectivity index (χ1n) is 22.5. The van der Waals surface area contributed by atoms with Crippen molar-refractivity contribution in [3.05, 3.63) is 0 Å². The molecule has 65 heavy (non-hydrogen) atoms. The molecule has 23 nitrogen and oxygen atoms in total. The van der Waals surface area contributed by atoms with Gasteiger partial charge in [0.05, 0.1) is 32.6 Å². The molecule has 0 saturated carbocycles. The minimum atomic E-state index is -1.69. The number of carboxylic acids is 1. The van der Waals surface area contributed by atoms with E-state index < -0.39 is 105 Å². The highest BCUT2D eigenvalue weighted by Gasteiger charge is 2.50. The Hall–Kier alpha value is -2.26. The van der Waals surface area contributed by atoms with Gasteiger partial charge in [0.15, 0.2) is 18.9 Å². The minimum Gasteiger partial charge on any atom is -0.481 e. The first-order chi connectivity index (χ1) is 31.3. The first-order valence-corrected chi connectivity index (χ1v) is 22.5. The monoisotopic (exact) mass is 941 g/mol. The Morgan fingerprint density at radius 2 is 1.23 bits per heavy atom. The predicted octanol–water partition coefficient (Wildman–Crippen LogP) is -2.68. The number of amides is 1. The molecule has 378 valence electrons. The van der Waals surface area contributed by atoms with E-state index in [9.17, 15) is 45.3 Å². The summed E-state index contributed by atoms with van der Waals surface area (Å²) in [5.41, 5.74) is 0. The lowest BCUT2D eigenvalue weighted by atomic mass is 9.96. The molecule has 3 rings (SSSR count). The number of nitrogens with one attached hydrogen (secondary N) is 2. The van der Waals surface area contributed by atoms with Crippen LogP contribution in [0.15, 0.2) is 0 Å². The Morgan fingerprint density at radius 1 is 0.692 bits per heavy atom. The molecule has 0 aromatic heterocycles. The second-order valence-corrected chi connectivity index (χ2v) is 16.0. The Morgan fingerprint density at radius 3 is 1.75 bits per heavy atom. The lowest BCUT2D eigenvalue weighted by Gasteiger charge is -2.45. The lowest BCUT2D eigenvalue weighted by molar-refractivity contribution is -0.347. The van der Waals surface area contributed by atoms with E-state index in [1.807, 2.05) is 0 Å². The number of hydrogen-bond acceptors (Lipinski definition) is 21. The number of carbonyl (C=O) groups excluding carboxylic acids is 1. The number of hydrogen-bond donors (Lipinski definition) is 10. The van der Waals surface area contributed by atoms with E-state index in [4.69, 9.17) is 58.9 Å².